The van der Waals surface area contributed by atoms with E-state index in [-0.39, 0.29) is 0 Å². The van der Waals surface area contributed by atoms with Crippen molar-refractivity contribution in [1.82, 2.24) is 4.98 Å². The summed E-state index contributed by atoms with van der Waals surface area (Å²) in [5, 5.41) is 10.3. The van der Waals surface area contributed by atoms with E-state index in [1.807, 2.05) is 0 Å². The molecule has 0 aliphatic carbocycles. The van der Waals surface area contributed by atoms with Gasteiger partial charge in [-0.25, -0.2) is 13.2 Å². The molecule has 0 radical (unpaired) electrons. The second kappa shape index (κ2) is 4.43. The van der Waals surface area contributed by atoms with Gasteiger partial charge < -0.3 is 10.1 Å². The first-order valence-electron chi connectivity index (χ1n) is 3.64. The van der Waals surface area contributed by atoms with Gasteiger partial charge in [-0.3, -0.25) is 0 Å². The predicted molar refractivity (Wildman–Crippen MR) is 45.4 cm³/mol. The van der Waals surface area contributed by atoms with Crippen LogP contribution < -0.4 is 0 Å². The fourth-order valence-electron chi connectivity index (χ4n) is 1.04. The van der Waals surface area contributed by atoms with Crippen molar-refractivity contribution >= 4 is 17.4 Å². The Labute approximate surface area is 86.8 Å². The number of pyridine rings is 1. The van der Waals surface area contributed by atoms with Crippen LogP contribution >= 0.6 is 11.6 Å². The van der Waals surface area contributed by atoms with E-state index in [1.165, 1.54) is 0 Å². The Morgan fingerprint density at radius 3 is 2.60 bits per heavy atom. The number of rotatable bonds is 3. The molecule has 1 heterocycles. The Bertz CT molecular complexity index is 400. The number of halogens is 4. The Hall–Kier alpha value is -1.37. The number of hydrogen-bond donors (Lipinski definition) is 0. The molecule has 0 spiro atoms. The van der Waals surface area contributed by atoms with Crippen molar-refractivity contribution < 1.29 is 18.1 Å². The molecule has 1 aromatic heterocycles. The Morgan fingerprint density at radius 2 is 2.20 bits per heavy atom. The van der Waals surface area contributed by atoms with Crippen LogP contribution in [0.1, 0.15) is 17.6 Å². The van der Waals surface area contributed by atoms with Crippen molar-refractivity contribution in [3.8, 4) is 0 Å². The van der Waals surface area contributed by atoms with Gasteiger partial charge in [0.25, 0.3) is 6.43 Å². The molecule has 82 valence electrons. The third kappa shape index (κ3) is 2.17. The summed E-state index contributed by atoms with van der Waals surface area (Å²) in [7, 11) is 0. The van der Waals surface area contributed by atoms with Crippen molar-refractivity contribution in [3.05, 3.63) is 33.3 Å². The standard InChI is InChI=1S/C7H4ClF3N2O2/c8-1-3-4(9)2-12-7(13(14)15)5(3)6(10)11/h2,6H,1H2. The zero-order chi connectivity index (χ0) is 11.6. The zero-order valence-electron chi connectivity index (χ0n) is 7.08. The first-order valence-corrected chi connectivity index (χ1v) is 4.18. The van der Waals surface area contributed by atoms with Gasteiger partial charge >= 0.3 is 5.82 Å². The summed E-state index contributed by atoms with van der Waals surface area (Å²) in [4.78, 5) is 12.2. The van der Waals surface area contributed by atoms with Gasteiger partial charge in [-0.2, -0.15) is 0 Å². The van der Waals surface area contributed by atoms with Crippen LogP contribution in [0.15, 0.2) is 6.20 Å². The van der Waals surface area contributed by atoms with Crippen LogP contribution in [-0.4, -0.2) is 9.91 Å². The Kier molecular flexibility index (Phi) is 3.46. The molecule has 15 heavy (non-hydrogen) atoms. The highest BCUT2D eigenvalue weighted by molar-refractivity contribution is 6.17. The van der Waals surface area contributed by atoms with E-state index < -0.39 is 40.0 Å². The molecule has 0 saturated heterocycles. The minimum Gasteiger partial charge on any atom is -0.358 e. The van der Waals surface area contributed by atoms with Crippen LogP contribution in [0.4, 0.5) is 19.0 Å². The first-order chi connectivity index (χ1) is 6.99. The average Bonchev–Trinajstić information content (AvgIpc) is 2.16. The minimum atomic E-state index is -3.19. The molecular formula is C7H4ClF3N2O2. The fourth-order valence-corrected chi connectivity index (χ4v) is 1.31. The van der Waals surface area contributed by atoms with E-state index in [0.29, 0.717) is 6.20 Å². The van der Waals surface area contributed by atoms with Gasteiger partial charge in [-0.1, -0.05) is 0 Å². The average molecular weight is 241 g/mol. The van der Waals surface area contributed by atoms with Crippen molar-refractivity contribution in [3.63, 3.8) is 0 Å². The van der Waals surface area contributed by atoms with E-state index in [9.17, 15) is 23.3 Å². The van der Waals surface area contributed by atoms with Crippen LogP contribution in [0.25, 0.3) is 0 Å². The van der Waals surface area contributed by atoms with Crippen LogP contribution in [0, 0.1) is 15.9 Å². The quantitative estimate of drug-likeness (QED) is 0.464. The molecule has 0 fully saturated rings. The number of nitro groups is 1. The van der Waals surface area contributed by atoms with Gasteiger partial charge in [0.05, 0.1) is 5.88 Å². The second-order valence-corrected chi connectivity index (χ2v) is 2.78. The van der Waals surface area contributed by atoms with Gasteiger partial charge in [0.1, 0.15) is 5.56 Å². The lowest BCUT2D eigenvalue weighted by atomic mass is 10.1. The normalized spacial score (nSPS) is 10.7. The van der Waals surface area contributed by atoms with Crippen molar-refractivity contribution in [2.24, 2.45) is 0 Å². The largest absolute Gasteiger partial charge is 0.372 e. The summed E-state index contributed by atoms with van der Waals surface area (Å²) in [6, 6.07) is 0. The molecule has 4 nitrogen and oxygen atoms in total. The molecule has 1 aromatic rings. The van der Waals surface area contributed by atoms with E-state index in [0.717, 1.165) is 0 Å². The number of hydrogen-bond acceptors (Lipinski definition) is 3. The van der Waals surface area contributed by atoms with Gasteiger partial charge in [0, 0.05) is 5.56 Å². The maximum absolute atomic E-state index is 13.0. The van der Waals surface area contributed by atoms with Gasteiger partial charge in [-0.15, -0.1) is 11.6 Å². The monoisotopic (exact) mass is 240 g/mol. The van der Waals surface area contributed by atoms with E-state index in [4.69, 9.17) is 11.6 Å². The third-order valence-electron chi connectivity index (χ3n) is 1.68. The lowest BCUT2D eigenvalue weighted by molar-refractivity contribution is -0.391. The smallest absolute Gasteiger partial charge is 0.358 e. The lowest BCUT2D eigenvalue weighted by Gasteiger charge is -2.06. The third-order valence-corrected chi connectivity index (χ3v) is 1.95. The highest BCUT2D eigenvalue weighted by Crippen LogP contribution is 2.32. The molecule has 0 N–H and O–H groups in total. The predicted octanol–water partition coefficient (Wildman–Crippen LogP) is 2.81. The van der Waals surface area contributed by atoms with Crippen LogP contribution in [0.5, 0.6) is 0 Å². The van der Waals surface area contributed by atoms with Crippen molar-refractivity contribution in [2.75, 3.05) is 0 Å². The number of aromatic nitrogens is 1. The van der Waals surface area contributed by atoms with Crippen LogP contribution in [0.2, 0.25) is 0 Å². The highest BCUT2D eigenvalue weighted by atomic mass is 35.5. The molecule has 0 aliphatic heterocycles. The molecule has 0 amide bonds. The maximum Gasteiger partial charge on any atom is 0.372 e. The van der Waals surface area contributed by atoms with E-state index >= 15 is 0 Å². The van der Waals surface area contributed by atoms with E-state index in [2.05, 4.69) is 4.98 Å². The molecule has 1 rings (SSSR count). The lowest BCUT2D eigenvalue weighted by Crippen LogP contribution is -2.05. The zero-order valence-corrected chi connectivity index (χ0v) is 7.84. The molecule has 0 atom stereocenters. The van der Waals surface area contributed by atoms with Crippen molar-refractivity contribution in [1.29, 1.82) is 0 Å². The molecule has 0 bridgehead atoms. The Morgan fingerprint density at radius 1 is 1.60 bits per heavy atom. The summed E-state index contributed by atoms with van der Waals surface area (Å²) in [5.41, 5.74) is -1.65. The number of alkyl halides is 3. The summed E-state index contributed by atoms with van der Waals surface area (Å²) in [6.45, 7) is 0. The van der Waals surface area contributed by atoms with Gasteiger partial charge in [0.2, 0.25) is 0 Å². The molecular weight excluding hydrogens is 237 g/mol. The molecule has 0 saturated carbocycles. The fraction of sp³-hybridized carbons (Fsp3) is 0.286. The topological polar surface area (TPSA) is 56.0 Å². The molecule has 0 unspecified atom stereocenters. The summed E-state index contributed by atoms with van der Waals surface area (Å²) < 4.78 is 37.8. The van der Waals surface area contributed by atoms with Crippen LogP contribution in [0.3, 0.4) is 0 Å². The van der Waals surface area contributed by atoms with Crippen molar-refractivity contribution in [2.45, 2.75) is 12.3 Å². The summed E-state index contributed by atoms with van der Waals surface area (Å²) >= 11 is 5.23. The Balaban J connectivity index is 3.49. The summed E-state index contributed by atoms with van der Waals surface area (Å²) in [6.07, 6.45) is -2.69. The van der Waals surface area contributed by atoms with E-state index in [1.54, 1.807) is 0 Å². The molecule has 0 aliphatic rings. The summed E-state index contributed by atoms with van der Waals surface area (Å²) in [5.74, 6) is -2.72. The van der Waals surface area contributed by atoms with Gasteiger partial charge in [-0.05, 0) is 9.91 Å². The first kappa shape index (κ1) is 11.7. The number of nitrogens with zero attached hydrogens (tertiary/aromatic N) is 2. The van der Waals surface area contributed by atoms with Crippen LogP contribution in [-0.2, 0) is 5.88 Å². The molecule has 0 aromatic carbocycles. The van der Waals surface area contributed by atoms with Gasteiger partial charge in [0.15, 0.2) is 12.0 Å². The highest BCUT2D eigenvalue weighted by Gasteiger charge is 2.29. The second-order valence-electron chi connectivity index (χ2n) is 2.51. The maximum atomic E-state index is 13.0. The minimum absolute atomic E-state index is 0.502. The molecule has 8 heteroatoms. The SMILES string of the molecule is O=[N+]([O-])c1ncc(F)c(CCl)c1C(F)F.